The molecule has 0 radical (unpaired) electrons. The van der Waals surface area contributed by atoms with Crippen LogP contribution in [0.3, 0.4) is 0 Å². The van der Waals surface area contributed by atoms with Crippen LogP contribution >= 0.6 is 15.9 Å². The molecule has 28 heavy (non-hydrogen) atoms. The summed E-state index contributed by atoms with van der Waals surface area (Å²) in [5.41, 5.74) is 3.54. The number of Topliss-reactive ketones (excluding diaryl/α,β-unsaturated/α-hetero) is 1. The first-order valence-corrected chi connectivity index (χ1v) is 9.56. The molecule has 1 atom stereocenters. The fourth-order valence-corrected chi connectivity index (χ4v) is 3.35. The van der Waals surface area contributed by atoms with Gasteiger partial charge in [0.2, 0.25) is 0 Å². The van der Waals surface area contributed by atoms with E-state index in [0.717, 1.165) is 21.2 Å². The van der Waals surface area contributed by atoms with Gasteiger partial charge >= 0.3 is 0 Å². The molecular weight excluding hydrogens is 420 g/mol. The molecule has 1 N–H and O–H groups in total. The minimum atomic E-state index is -0.555. The van der Waals surface area contributed by atoms with Gasteiger partial charge in [-0.25, -0.2) is 0 Å². The standard InChI is InChI=1S/C22H19BrN2O3/c1-15-5-7-17(8-6-15)22(21(26)14-16-3-2-4-18(23)13-16)24-19-9-11-20(12-10-19)25(27)28/h2-13,22,24H,14H2,1H3. The first-order chi connectivity index (χ1) is 13.4. The predicted octanol–water partition coefficient (Wildman–Crippen LogP) is 5.63. The largest absolute Gasteiger partial charge is 0.372 e. The average Bonchev–Trinajstić information content (AvgIpc) is 2.67. The van der Waals surface area contributed by atoms with Crippen LogP contribution in [0.1, 0.15) is 22.7 Å². The van der Waals surface area contributed by atoms with Crippen LogP contribution in [0.15, 0.2) is 77.3 Å². The molecule has 0 aliphatic heterocycles. The number of nitro groups is 1. The Labute approximate surface area is 171 Å². The number of halogens is 1. The Bertz CT molecular complexity index is 985. The molecule has 0 bridgehead atoms. The third-order valence-electron chi connectivity index (χ3n) is 4.39. The van der Waals surface area contributed by atoms with Gasteiger partial charge < -0.3 is 5.32 Å². The number of carbonyl (C=O) groups excluding carboxylic acids is 1. The number of nitrogens with zero attached hydrogens (tertiary/aromatic N) is 1. The smallest absolute Gasteiger partial charge is 0.269 e. The van der Waals surface area contributed by atoms with Gasteiger partial charge in [-0.05, 0) is 42.3 Å². The SMILES string of the molecule is Cc1ccc(C(Nc2ccc([N+](=O)[O-])cc2)C(=O)Cc2cccc(Br)c2)cc1. The van der Waals surface area contributed by atoms with Gasteiger partial charge in [0.25, 0.3) is 5.69 Å². The molecule has 1 unspecified atom stereocenters. The summed E-state index contributed by atoms with van der Waals surface area (Å²) in [7, 11) is 0. The van der Waals surface area contributed by atoms with Gasteiger partial charge in [-0.3, -0.25) is 14.9 Å². The van der Waals surface area contributed by atoms with E-state index in [0.29, 0.717) is 5.69 Å². The average molecular weight is 439 g/mol. The second-order valence-corrected chi connectivity index (χ2v) is 7.48. The lowest BCUT2D eigenvalue weighted by atomic mass is 9.96. The number of nitro benzene ring substituents is 1. The van der Waals surface area contributed by atoms with Gasteiger partial charge in [0, 0.05) is 28.7 Å². The summed E-state index contributed by atoms with van der Waals surface area (Å²) >= 11 is 3.43. The van der Waals surface area contributed by atoms with Crippen LogP contribution < -0.4 is 5.32 Å². The number of carbonyl (C=O) groups is 1. The van der Waals surface area contributed by atoms with Crippen molar-refractivity contribution in [3.05, 3.63) is 104 Å². The maximum absolute atomic E-state index is 13.1. The van der Waals surface area contributed by atoms with Gasteiger partial charge in [0.15, 0.2) is 5.78 Å². The molecule has 3 aromatic rings. The van der Waals surface area contributed by atoms with Crippen LogP contribution in [0.4, 0.5) is 11.4 Å². The lowest BCUT2D eigenvalue weighted by molar-refractivity contribution is -0.384. The van der Waals surface area contributed by atoms with Crippen LogP contribution in [0, 0.1) is 17.0 Å². The van der Waals surface area contributed by atoms with Crippen molar-refractivity contribution in [1.29, 1.82) is 0 Å². The first-order valence-electron chi connectivity index (χ1n) is 8.77. The topological polar surface area (TPSA) is 72.2 Å². The number of aryl methyl sites for hydroxylation is 1. The summed E-state index contributed by atoms with van der Waals surface area (Å²) in [6.45, 7) is 1.99. The summed E-state index contributed by atoms with van der Waals surface area (Å²) in [5.74, 6) is 0.0142. The molecule has 142 valence electrons. The summed E-state index contributed by atoms with van der Waals surface area (Å²) in [5, 5.41) is 14.1. The Morgan fingerprint density at radius 1 is 1.07 bits per heavy atom. The minimum Gasteiger partial charge on any atom is -0.372 e. The molecular formula is C22H19BrN2O3. The molecule has 0 aromatic heterocycles. The molecule has 0 saturated heterocycles. The number of rotatable bonds is 7. The van der Waals surface area contributed by atoms with E-state index in [2.05, 4.69) is 21.2 Å². The molecule has 3 rings (SSSR count). The van der Waals surface area contributed by atoms with Gasteiger partial charge in [-0.2, -0.15) is 0 Å². The van der Waals surface area contributed by atoms with E-state index in [-0.39, 0.29) is 17.9 Å². The second-order valence-electron chi connectivity index (χ2n) is 6.57. The van der Waals surface area contributed by atoms with Crippen molar-refractivity contribution in [3.63, 3.8) is 0 Å². The van der Waals surface area contributed by atoms with Crippen molar-refractivity contribution >= 4 is 33.1 Å². The number of hydrogen-bond donors (Lipinski definition) is 1. The highest BCUT2D eigenvalue weighted by Gasteiger charge is 2.21. The molecule has 0 aliphatic rings. The molecule has 5 nitrogen and oxygen atoms in total. The van der Waals surface area contributed by atoms with Crippen molar-refractivity contribution in [1.82, 2.24) is 0 Å². The third kappa shape index (κ3) is 5.04. The van der Waals surface area contributed by atoms with Crippen molar-refractivity contribution in [2.45, 2.75) is 19.4 Å². The number of anilines is 1. The molecule has 0 amide bonds. The van der Waals surface area contributed by atoms with Crippen LogP contribution in [0.2, 0.25) is 0 Å². The lowest BCUT2D eigenvalue weighted by Crippen LogP contribution is -2.23. The molecule has 0 saturated carbocycles. The van der Waals surface area contributed by atoms with E-state index in [1.807, 2.05) is 55.5 Å². The minimum absolute atomic E-state index is 0.0119. The zero-order chi connectivity index (χ0) is 20.1. The summed E-state index contributed by atoms with van der Waals surface area (Å²) in [4.78, 5) is 23.5. The van der Waals surface area contributed by atoms with Crippen LogP contribution in [0.25, 0.3) is 0 Å². The molecule has 0 fully saturated rings. The normalized spacial score (nSPS) is 11.6. The number of benzene rings is 3. The van der Waals surface area contributed by atoms with Gasteiger partial charge in [0.1, 0.15) is 6.04 Å². The van der Waals surface area contributed by atoms with E-state index in [1.165, 1.54) is 12.1 Å². The van der Waals surface area contributed by atoms with E-state index in [4.69, 9.17) is 0 Å². The summed E-state index contributed by atoms with van der Waals surface area (Å²) in [6, 6.07) is 21.0. The predicted molar refractivity (Wildman–Crippen MR) is 113 cm³/mol. The van der Waals surface area contributed by atoms with Crippen LogP contribution in [-0.2, 0) is 11.2 Å². The van der Waals surface area contributed by atoms with Gasteiger partial charge in [-0.1, -0.05) is 57.9 Å². The van der Waals surface area contributed by atoms with Crippen LogP contribution in [-0.4, -0.2) is 10.7 Å². The molecule has 3 aromatic carbocycles. The number of nitrogens with one attached hydrogen (secondary N) is 1. The maximum atomic E-state index is 13.1. The maximum Gasteiger partial charge on any atom is 0.269 e. The Kier molecular flexibility index (Phi) is 6.21. The number of non-ortho nitro benzene ring substituents is 1. The highest BCUT2D eigenvalue weighted by atomic mass is 79.9. The van der Waals surface area contributed by atoms with Gasteiger partial charge in [0.05, 0.1) is 4.92 Å². The van der Waals surface area contributed by atoms with Crippen molar-refractivity contribution in [2.75, 3.05) is 5.32 Å². The van der Waals surface area contributed by atoms with Crippen molar-refractivity contribution in [3.8, 4) is 0 Å². The summed E-state index contributed by atoms with van der Waals surface area (Å²) in [6.07, 6.45) is 0.276. The summed E-state index contributed by atoms with van der Waals surface area (Å²) < 4.78 is 0.924. The van der Waals surface area contributed by atoms with E-state index in [1.54, 1.807) is 12.1 Å². The fourth-order valence-electron chi connectivity index (χ4n) is 2.90. The van der Waals surface area contributed by atoms with Crippen molar-refractivity contribution < 1.29 is 9.72 Å². The Hall–Kier alpha value is -2.99. The Morgan fingerprint density at radius 3 is 2.36 bits per heavy atom. The number of ketones is 1. The second kappa shape index (κ2) is 8.80. The molecule has 0 heterocycles. The highest BCUT2D eigenvalue weighted by Crippen LogP contribution is 2.25. The highest BCUT2D eigenvalue weighted by molar-refractivity contribution is 9.10. The van der Waals surface area contributed by atoms with Crippen LogP contribution in [0.5, 0.6) is 0 Å². The Balaban J connectivity index is 1.87. The molecule has 0 spiro atoms. The molecule has 6 heteroatoms. The van der Waals surface area contributed by atoms with E-state index >= 15 is 0 Å². The first kappa shape index (κ1) is 19.8. The zero-order valence-corrected chi connectivity index (χ0v) is 16.8. The molecule has 0 aliphatic carbocycles. The zero-order valence-electron chi connectivity index (χ0n) is 15.3. The number of hydrogen-bond acceptors (Lipinski definition) is 4. The van der Waals surface area contributed by atoms with Gasteiger partial charge in [-0.15, -0.1) is 0 Å². The Morgan fingerprint density at radius 2 is 1.75 bits per heavy atom. The fraction of sp³-hybridized carbons (Fsp3) is 0.136. The van der Waals surface area contributed by atoms with E-state index in [9.17, 15) is 14.9 Å². The lowest BCUT2D eigenvalue weighted by Gasteiger charge is -2.20. The van der Waals surface area contributed by atoms with E-state index < -0.39 is 11.0 Å². The monoisotopic (exact) mass is 438 g/mol. The quantitative estimate of drug-likeness (QED) is 0.383. The van der Waals surface area contributed by atoms with Crippen molar-refractivity contribution in [2.24, 2.45) is 0 Å². The third-order valence-corrected chi connectivity index (χ3v) is 4.88.